The van der Waals surface area contributed by atoms with E-state index in [1.807, 2.05) is 39.8 Å². The molecule has 3 amide bonds. The van der Waals surface area contributed by atoms with Crippen LogP contribution in [0.15, 0.2) is 0 Å². The third-order valence-corrected chi connectivity index (χ3v) is 7.71. The monoisotopic (exact) mass is 460 g/mol. The number of fused-ring (bicyclic) bond motifs is 2. The average Bonchev–Trinajstić information content (AvgIpc) is 2.99. The smallest absolute Gasteiger partial charge is 0.324 e. The van der Waals surface area contributed by atoms with Crippen molar-refractivity contribution in [2.45, 2.75) is 51.6 Å². The zero-order valence-electron chi connectivity index (χ0n) is 20.1. The molecule has 1 aliphatic heterocycles. The number of nitrogens with zero attached hydrogens (tertiary/aromatic N) is 4. The molecule has 2 aliphatic rings. The number of nitrogen functional groups attached to an aromatic ring is 1. The highest BCUT2D eigenvalue weighted by Gasteiger charge is 2.43. The van der Waals surface area contributed by atoms with Crippen LogP contribution < -0.4 is 11.1 Å². The molecule has 8 nitrogen and oxygen atoms in total. The standard InChI is InChI=1S/C23H36N6O2S/c1-7-29(22(31)26-23(2,3)13-27(4)5)21(30)15-8-14-9-16-17(11-24)20(25)32-19(16)10-18(14)28(6)12-15/h14-15,18H,7-10,12-13,25H2,1-6H3,(H,26,31)/t14-,15-,18-/m1/s1. The number of nitriles is 1. The van der Waals surface area contributed by atoms with Gasteiger partial charge in [0.05, 0.1) is 11.5 Å². The maximum atomic E-state index is 13.4. The fourth-order valence-electron chi connectivity index (χ4n) is 5.46. The number of likely N-dealkylation sites (N-methyl/N-ethyl adjacent to an activating group) is 2. The van der Waals surface area contributed by atoms with Crippen LogP contribution in [0.25, 0.3) is 0 Å². The van der Waals surface area contributed by atoms with Gasteiger partial charge >= 0.3 is 6.03 Å². The second-order valence-corrected chi connectivity index (χ2v) is 11.2. The summed E-state index contributed by atoms with van der Waals surface area (Å²) in [5.74, 6) is -0.0951. The number of carbonyl (C=O) groups excluding carboxylic acids is 2. The predicted molar refractivity (Wildman–Crippen MR) is 127 cm³/mol. The predicted octanol–water partition coefficient (Wildman–Crippen LogP) is 2.14. The van der Waals surface area contributed by atoms with Crippen LogP contribution >= 0.6 is 11.3 Å². The highest BCUT2D eigenvalue weighted by atomic mass is 32.1. The van der Waals surface area contributed by atoms with E-state index in [0.717, 1.165) is 24.8 Å². The third kappa shape index (κ3) is 4.92. The normalized spacial score (nSPS) is 23.2. The highest BCUT2D eigenvalue weighted by molar-refractivity contribution is 7.16. The summed E-state index contributed by atoms with van der Waals surface area (Å²) < 4.78 is 0. The number of amides is 3. The molecule has 3 atom stereocenters. The van der Waals surface area contributed by atoms with E-state index in [1.54, 1.807) is 0 Å². The van der Waals surface area contributed by atoms with Crippen LogP contribution in [0.5, 0.6) is 0 Å². The van der Waals surface area contributed by atoms with E-state index in [2.05, 4.69) is 23.3 Å². The topological polar surface area (TPSA) is 106 Å². The summed E-state index contributed by atoms with van der Waals surface area (Å²) in [6.45, 7) is 7.40. The molecular formula is C23H36N6O2S. The van der Waals surface area contributed by atoms with Crippen molar-refractivity contribution < 1.29 is 9.59 Å². The Hall–Kier alpha value is -2.15. The summed E-state index contributed by atoms with van der Waals surface area (Å²) in [5, 5.41) is 13.1. The summed E-state index contributed by atoms with van der Waals surface area (Å²) in [5.41, 5.74) is 7.30. The summed E-state index contributed by atoms with van der Waals surface area (Å²) in [4.78, 5) is 33.2. The number of likely N-dealkylation sites (tertiary alicyclic amines) is 1. The molecule has 3 rings (SSSR count). The Morgan fingerprint density at radius 1 is 1.34 bits per heavy atom. The molecule has 1 fully saturated rings. The van der Waals surface area contributed by atoms with Crippen molar-refractivity contribution in [3.05, 3.63) is 16.0 Å². The van der Waals surface area contributed by atoms with Gasteiger partial charge in [-0.25, -0.2) is 4.79 Å². The number of nitrogens with two attached hydrogens (primary N) is 1. The second kappa shape index (κ2) is 9.38. The molecule has 0 bridgehead atoms. The minimum Gasteiger partial charge on any atom is -0.389 e. The van der Waals surface area contributed by atoms with Gasteiger partial charge in [0.1, 0.15) is 11.1 Å². The lowest BCUT2D eigenvalue weighted by molar-refractivity contribution is -0.135. The maximum absolute atomic E-state index is 13.4. The molecule has 9 heteroatoms. The van der Waals surface area contributed by atoms with Crippen LogP contribution in [0.3, 0.4) is 0 Å². The number of urea groups is 1. The van der Waals surface area contributed by atoms with E-state index in [1.165, 1.54) is 21.1 Å². The van der Waals surface area contributed by atoms with Crippen LogP contribution in [0.2, 0.25) is 0 Å². The zero-order valence-corrected chi connectivity index (χ0v) is 20.9. The van der Waals surface area contributed by atoms with Crippen molar-refractivity contribution in [2.24, 2.45) is 11.8 Å². The van der Waals surface area contributed by atoms with Gasteiger partial charge in [0.15, 0.2) is 0 Å². The van der Waals surface area contributed by atoms with Gasteiger partial charge in [-0.15, -0.1) is 11.3 Å². The maximum Gasteiger partial charge on any atom is 0.324 e. The van der Waals surface area contributed by atoms with Gasteiger partial charge < -0.3 is 20.9 Å². The number of anilines is 1. The Bertz CT molecular complexity index is 918. The molecule has 1 aromatic rings. The van der Waals surface area contributed by atoms with Crippen molar-refractivity contribution in [3.8, 4) is 6.07 Å². The molecule has 1 aromatic heterocycles. The van der Waals surface area contributed by atoms with Gasteiger partial charge in [0, 0.05) is 36.1 Å². The molecule has 0 saturated carbocycles. The molecule has 0 unspecified atom stereocenters. The number of carbonyl (C=O) groups is 2. The fourth-order valence-corrected chi connectivity index (χ4v) is 6.56. The molecule has 3 N–H and O–H groups in total. The fraction of sp³-hybridized carbons (Fsp3) is 0.696. The Labute approximate surface area is 195 Å². The molecule has 1 saturated heterocycles. The van der Waals surface area contributed by atoms with Gasteiger partial charge in [0.2, 0.25) is 5.91 Å². The number of imide groups is 1. The van der Waals surface area contributed by atoms with Gasteiger partial charge in [-0.05, 0) is 72.7 Å². The van der Waals surface area contributed by atoms with Crippen LogP contribution in [-0.2, 0) is 17.6 Å². The lowest BCUT2D eigenvalue weighted by Gasteiger charge is -2.45. The van der Waals surface area contributed by atoms with E-state index in [9.17, 15) is 14.9 Å². The van der Waals surface area contributed by atoms with Gasteiger partial charge in [-0.3, -0.25) is 9.69 Å². The molecule has 0 radical (unpaired) electrons. The van der Waals surface area contributed by atoms with Crippen molar-refractivity contribution >= 4 is 28.3 Å². The Kier molecular flexibility index (Phi) is 7.18. The van der Waals surface area contributed by atoms with E-state index < -0.39 is 5.54 Å². The van der Waals surface area contributed by atoms with Crippen molar-refractivity contribution in [3.63, 3.8) is 0 Å². The zero-order chi connectivity index (χ0) is 23.8. The number of hydrogen-bond donors (Lipinski definition) is 2. The van der Waals surface area contributed by atoms with Crippen molar-refractivity contribution in [1.82, 2.24) is 20.0 Å². The van der Waals surface area contributed by atoms with E-state index in [-0.39, 0.29) is 23.8 Å². The lowest BCUT2D eigenvalue weighted by Crippen LogP contribution is -2.58. The molecule has 2 heterocycles. The first-order valence-corrected chi connectivity index (χ1v) is 12.1. The van der Waals surface area contributed by atoms with Crippen LogP contribution in [0.4, 0.5) is 9.80 Å². The summed E-state index contributed by atoms with van der Waals surface area (Å²) >= 11 is 1.53. The first-order valence-electron chi connectivity index (χ1n) is 11.3. The Morgan fingerprint density at radius 2 is 2.03 bits per heavy atom. The van der Waals surface area contributed by atoms with Crippen molar-refractivity contribution in [2.75, 3.05) is 46.5 Å². The molecular weight excluding hydrogens is 424 g/mol. The number of piperidine rings is 1. The van der Waals surface area contributed by atoms with Crippen LogP contribution in [0, 0.1) is 23.2 Å². The number of rotatable bonds is 5. The average molecular weight is 461 g/mol. The van der Waals surface area contributed by atoms with Crippen LogP contribution in [-0.4, -0.2) is 79.0 Å². The number of hydrogen-bond acceptors (Lipinski definition) is 7. The Morgan fingerprint density at radius 3 is 2.62 bits per heavy atom. The third-order valence-electron chi connectivity index (χ3n) is 6.63. The summed E-state index contributed by atoms with van der Waals surface area (Å²) in [6, 6.07) is 2.26. The lowest BCUT2D eigenvalue weighted by atomic mass is 9.74. The van der Waals surface area contributed by atoms with Crippen LogP contribution in [0.1, 0.15) is 43.2 Å². The van der Waals surface area contributed by atoms with Crippen molar-refractivity contribution in [1.29, 1.82) is 5.26 Å². The molecule has 32 heavy (non-hydrogen) atoms. The largest absolute Gasteiger partial charge is 0.389 e. The molecule has 176 valence electrons. The number of thiophene rings is 1. The quantitative estimate of drug-likeness (QED) is 0.697. The van der Waals surface area contributed by atoms with E-state index in [0.29, 0.717) is 36.2 Å². The molecule has 1 aliphatic carbocycles. The first-order chi connectivity index (χ1) is 15.0. The van der Waals surface area contributed by atoms with Gasteiger partial charge in [0.25, 0.3) is 0 Å². The molecule has 0 spiro atoms. The van der Waals surface area contributed by atoms with E-state index >= 15 is 0 Å². The Balaban J connectivity index is 1.74. The highest BCUT2D eigenvalue weighted by Crippen LogP contribution is 2.43. The summed E-state index contributed by atoms with van der Waals surface area (Å²) in [7, 11) is 5.97. The molecule has 0 aromatic carbocycles. The van der Waals surface area contributed by atoms with Gasteiger partial charge in [-0.2, -0.15) is 5.26 Å². The SMILES string of the molecule is CCN(C(=O)NC(C)(C)CN(C)C)C(=O)[C@@H]1C[C@@H]2Cc3c(sc(N)c3C#N)C[C@H]2N(C)C1. The van der Waals surface area contributed by atoms with E-state index in [4.69, 9.17) is 5.73 Å². The number of nitrogens with one attached hydrogen (secondary N) is 1. The van der Waals surface area contributed by atoms with Gasteiger partial charge in [-0.1, -0.05) is 0 Å². The minimum absolute atomic E-state index is 0.118. The first kappa shape index (κ1) is 24.5. The minimum atomic E-state index is -0.449. The summed E-state index contributed by atoms with van der Waals surface area (Å²) in [6.07, 6.45) is 2.35. The second-order valence-electron chi connectivity index (χ2n) is 10.1.